The lowest BCUT2D eigenvalue weighted by atomic mass is 9.92. The van der Waals surface area contributed by atoms with Crippen LogP contribution in [-0.4, -0.2) is 25.6 Å². The van der Waals surface area contributed by atoms with Crippen molar-refractivity contribution in [3.05, 3.63) is 95.3 Å². The molecule has 0 saturated carbocycles. The van der Waals surface area contributed by atoms with Gasteiger partial charge in [0.05, 0.1) is 27.8 Å². The molecule has 1 amide bonds. The van der Waals surface area contributed by atoms with E-state index >= 15 is 0 Å². The molecule has 3 aromatic carbocycles. The van der Waals surface area contributed by atoms with E-state index in [1.807, 2.05) is 0 Å². The van der Waals surface area contributed by atoms with Gasteiger partial charge in [-0.25, -0.2) is 12.8 Å². The number of amides is 1. The molecule has 0 heterocycles. The van der Waals surface area contributed by atoms with Crippen LogP contribution in [-0.2, 0) is 27.2 Å². The van der Waals surface area contributed by atoms with E-state index in [4.69, 9.17) is 11.0 Å². The quantitative estimate of drug-likeness (QED) is 0.371. The molecule has 3 aromatic rings. The van der Waals surface area contributed by atoms with E-state index in [2.05, 4.69) is 5.32 Å². The highest BCUT2D eigenvalue weighted by Crippen LogP contribution is 2.34. The first-order chi connectivity index (χ1) is 16.3. The van der Waals surface area contributed by atoms with Crippen LogP contribution in [0.2, 0.25) is 0 Å². The molecule has 3 N–H and O–H groups in total. The molecule has 0 radical (unpaired) electrons. The van der Waals surface area contributed by atoms with Gasteiger partial charge in [0, 0.05) is 12.1 Å². The smallest absolute Gasteiger partial charge is 0.324 e. The zero-order chi connectivity index (χ0) is 25.9. The number of anilines is 1. The second-order valence-electron chi connectivity index (χ2n) is 7.86. The third kappa shape index (κ3) is 6.23. The van der Waals surface area contributed by atoms with Gasteiger partial charge in [0.25, 0.3) is 0 Å². The minimum absolute atomic E-state index is 0.261. The molecule has 0 saturated heterocycles. The fourth-order valence-electron chi connectivity index (χ4n) is 3.43. The van der Waals surface area contributed by atoms with Gasteiger partial charge < -0.3 is 11.1 Å². The Morgan fingerprint density at radius 3 is 2.20 bits per heavy atom. The van der Waals surface area contributed by atoms with Crippen molar-refractivity contribution < 1.29 is 30.8 Å². The number of carbonyl (C=O) groups excluding carboxylic acids is 1. The number of alkyl halides is 3. The Morgan fingerprint density at radius 2 is 1.63 bits per heavy atom. The van der Waals surface area contributed by atoms with Gasteiger partial charge in [-0.1, -0.05) is 30.3 Å². The molecule has 11 heteroatoms. The molecule has 0 aliphatic rings. The zero-order valence-corrected chi connectivity index (χ0v) is 18.8. The minimum atomic E-state index is -4.86. The topological polar surface area (TPSA) is 113 Å². The molecule has 1 atom stereocenters. The SMILES string of the molecule is N#Cc1ccc(NC(=O)C(N)(Cc2ccccc2)CS(=O)(=O)c2ccc(F)cc2)cc1C(F)(F)F. The van der Waals surface area contributed by atoms with E-state index in [1.54, 1.807) is 30.3 Å². The van der Waals surface area contributed by atoms with Crippen LogP contribution in [0.4, 0.5) is 23.2 Å². The van der Waals surface area contributed by atoms with Gasteiger partial charge in [0.1, 0.15) is 11.4 Å². The Balaban J connectivity index is 1.98. The van der Waals surface area contributed by atoms with Gasteiger partial charge in [-0.2, -0.15) is 18.4 Å². The normalized spacial score (nSPS) is 13.5. The van der Waals surface area contributed by atoms with Crippen LogP contribution in [0, 0.1) is 17.1 Å². The second-order valence-corrected chi connectivity index (χ2v) is 9.85. The van der Waals surface area contributed by atoms with Crippen LogP contribution in [0.3, 0.4) is 0 Å². The van der Waals surface area contributed by atoms with Crippen molar-refractivity contribution in [3.63, 3.8) is 0 Å². The van der Waals surface area contributed by atoms with Gasteiger partial charge in [-0.15, -0.1) is 0 Å². The number of nitrogens with two attached hydrogens (primary N) is 1. The largest absolute Gasteiger partial charge is 0.417 e. The van der Waals surface area contributed by atoms with Gasteiger partial charge in [0.2, 0.25) is 5.91 Å². The maximum Gasteiger partial charge on any atom is 0.417 e. The van der Waals surface area contributed by atoms with E-state index in [0.717, 1.165) is 36.4 Å². The van der Waals surface area contributed by atoms with Crippen molar-refractivity contribution in [1.29, 1.82) is 5.26 Å². The highest BCUT2D eigenvalue weighted by atomic mass is 32.2. The van der Waals surface area contributed by atoms with Crippen molar-refractivity contribution in [2.24, 2.45) is 5.73 Å². The number of nitrogens with one attached hydrogen (secondary N) is 1. The number of halogens is 4. The van der Waals surface area contributed by atoms with Gasteiger partial charge in [0.15, 0.2) is 9.84 Å². The number of sulfone groups is 1. The van der Waals surface area contributed by atoms with Crippen molar-refractivity contribution in [2.45, 2.75) is 23.0 Å². The summed E-state index contributed by atoms with van der Waals surface area (Å²) in [4.78, 5) is 12.9. The maximum absolute atomic E-state index is 13.3. The third-order valence-corrected chi connectivity index (χ3v) is 7.02. The Labute approximate surface area is 198 Å². The molecule has 0 aromatic heterocycles. The minimum Gasteiger partial charge on any atom is -0.324 e. The fraction of sp³-hybridized carbons (Fsp3) is 0.167. The predicted octanol–water partition coefficient (Wildman–Crippen LogP) is 4.07. The van der Waals surface area contributed by atoms with E-state index in [0.29, 0.717) is 11.6 Å². The molecule has 3 rings (SSSR count). The molecule has 35 heavy (non-hydrogen) atoms. The molecule has 0 aliphatic carbocycles. The lowest BCUT2D eigenvalue weighted by Gasteiger charge is -2.28. The molecule has 0 aliphatic heterocycles. The van der Waals surface area contributed by atoms with Crippen LogP contribution in [0.25, 0.3) is 0 Å². The van der Waals surface area contributed by atoms with Crippen LogP contribution in [0.1, 0.15) is 16.7 Å². The average Bonchev–Trinajstić information content (AvgIpc) is 2.79. The van der Waals surface area contributed by atoms with Gasteiger partial charge in [-0.3, -0.25) is 4.79 Å². The molecule has 1 unspecified atom stereocenters. The molecule has 0 bridgehead atoms. The van der Waals surface area contributed by atoms with Crippen LogP contribution in [0.5, 0.6) is 0 Å². The molecular formula is C24H19F4N3O3S. The highest BCUT2D eigenvalue weighted by molar-refractivity contribution is 7.91. The molecule has 0 fully saturated rings. The van der Waals surface area contributed by atoms with E-state index in [-0.39, 0.29) is 17.0 Å². The Hall–Kier alpha value is -3.75. The summed E-state index contributed by atoms with van der Waals surface area (Å²) in [6.07, 6.45) is -5.12. The summed E-state index contributed by atoms with van der Waals surface area (Å²) in [5.41, 5.74) is 2.50. The number of hydrogen-bond acceptors (Lipinski definition) is 5. The predicted molar refractivity (Wildman–Crippen MR) is 120 cm³/mol. The standard InChI is InChI=1S/C24H19F4N3O3S/c25-18-7-10-20(11-8-18)35(33,34)15-23(30,13-16-4-2-1-3-5-16)22(32)31-19-9-6-17(14-29)21(12-19)24(26,27)28/h1-12H,13,15,30H2,(H,31,32). The first-order valence-electron chi connectivity index (χ1n) is 10.1. The van der Waals surface area contributed by atoms with Crippen LogP contribution in [0.15, 0.2) is 77.7 Å². The molecule has 182 valence electrons. The van der Waals surface area contributed by atoms with Gasteiger partial charge in [-0.05, 0) is 48.0 Å². The Bertz CT molecular complexity index is 1370. The first kappa shape index (κ1) is 25.9. The number of hydrogen-bond donors (Lipinski definition) is 2. The summed E-state index contributed by atoms with van der Waals surface area (Å²) in [6.45, 7) is 0. The maximum atomic E-state index is 13.3. The number of nitrogens with zero attached hydrogens (tertiary/aromatic N) is 1. The van der Waals surface area contributed by atoms with Crippen molar-refractivity contribution in [3.8, 4) is 6.07 Å². The lowest BCUT2D eigenvalue weighted by molar-refractivity contribution is -0.137. The van der Waals surface area contributed by atoms with Crippen molar-refractivity contribution in [2.75, 3.05) is 11.1 Å². The number of carbonyl (C=O) groups is 1. The second kappa shape index (κ2) is 9.85. The van der Waals surface area contributed by atoms with Crippen molar-refractivity contribution in [1.82, 2.24) is 0 Å². The number of benzene rings is 3. The average molecular weight is 505 g/mol. The molecule has 0 spiro atoms. The summed E-state index contributed by atoms with van der Waals surface area (Å²) in [7, 11) is -4.21. The van der Waals surface area contributed by atoms with Crippen LogP contribution >= 0.6 is 0 Å². The third-order valence-electron chi connectivity index (χ3n) is 5.14. The summed E-state index contributed by atoms with van der Waals surface area (Å²) in [6, 6.07) is 16.2. The van der Waals surface area contributed by atoms with Crippen molar-refractivity contribution >= 4 is 21.4 Å². The Kier molecular flexibility index (Phi) is 7.28. The fourth-order valence-corrected chi connectivity index (χ4v) is 5.06. The monoisotopic (exact) mass is 505 g/mol. The number of nitriles is 1. The van der Waals surface area contributed by atoms with E-state index in [9.17, 15) is 30.8 Å². The van der Waals surface area contributed by atoms with Gasteiger partial charge >= 0.3 is 6.18 Å². The summed E-state index contributed by atoms with van der Waals surface area (Å²) < 4.78 is 79.2. The van der Waals surface area contributed by atoms with E-state index < -0.39 is 50.2 Å². The number of rotatable bonds is 7. The first-order valence-corrected chi connectivity index (χ1v) is 11.7. The van der Waals surface area contributed by atoms with Crippen LogP contribution < -0.4 is 11.1 Å². The molecular weight excluding hydrogens is 486 g/mol. The van der Waals surface area contributed by atoms with E-state index in [1.165, 1.54) is 6.07 Å². The summed E-state index contributed by atoms with van der Waals surface area (Å²) in [5, 5.41) is 11.2. The summed E-state index contributed by atoms with van der Waals surface area (Å²) in [5.74, 6) is -2.62. The highest BCUT2D eigenvalue weighted by Gasteiger charge is 2.40. The zero-order valence-electron chi connectivity index (χ0n) is 18.0. The lowest BCUT2D eigenvalue weighted by Crippen LogP contribution is -2.57. The summed E-state index contributed by atoms with van der Waals surface area (Å²) >= 11 is 0. The molecule has 6 nitrogen and oxygen atoms in total. The Morgan fingerprint density at radius 1 is 1.00 bits per heavy atom.